The summed E-state index contributed by atoms with van der Waals surface area (Å²) in [6.07, 6.45) is 1.76. The summed E-state index contributed by atoms with van der Waals surface area (Å²) in [5, 5.41) is -0.755. The molecule has 0 saturated heterocycles. The molecule has 130 valence electrons. The minimum Gasteiger partial charge on any atom is -0.454 e. The van der Waals surface area contributed by atoms with Crippen molar-refractivity contribution < 1.29 is 17.8 Å². The largest absolute Gasteiger partial charge is 0.454 e. The van der Waals surface area contributed by atoms with Crippen molar-refractivity contribution in [3.8, 4) is 0 Å². The van der Waals surface area contributed by atoms with Gasteiger partial charge in [-0.3, -0.25) is 0 Å². The minimum absolute atomic E-state index is 0.301. The molecule has 0 aliphatic rings. The Hall–Kier alpha value is -0.219. The Kier molecular flexibility index (Phi) is 7.05. The SMILES string of the molecule is C/C=C(\C)C(=O)OC(C)(C)[Si](C)(O[Si](C)(C)C)O[Si](C)(C)C. The van der Waals surface area contributed by atoms with E-state index in [1.807, 2.05) is 27.3 Å². The molecule has 0 unspecified atom stereocenters. The lowest BCUT2D eigenvalue weighted by Gasteiger charge is -2.46. The second kappa shape index (κ2) is 7.13. The predicted octanol–water partition coefficient (Wildman–Crippen LogP) is 4.59. The molecule has 0 saturated carbocycles. The van der Waals surface area contributed by atoms with Crippen molar-refractivity contribution in [2.24, 2.45) is 0 Å². The van der Waals surface area contributed by atoms with Gasteiger partial charge in [0.2, 0.25) is 0 Å². The van der Waals surface area contributed by atoms with E-state index < -0.39 is 30.4 Å². The fourth-order valence-electron chi connectivity index (χ4n) is 1.96. The fraction of sp³-hybridized carbons (Fsp3) is 0.800. The van der Waals surface area contributed by atoms with E-state index in [2.05, 4.69) is 39.3 Å². The van der Waals surface area contributed by atoms with Gasteiger partial charge in [0, 0.05) is 5.57 Å². The zero-order valence-corrected chi connectivity index (χ0v) is 19.2. The van der Waals surface area contributed by atoms with E-state index >= 15 is 0 Å². The number of hydrogen-bond acceptors (Lipinski definition) is 4. The number of carbonyl (C=O) groups is 1. The van der Waals surface area contributed by atoms with E-state index in [1.165, 1.54) is 0 Å². The summed E-state index contributed by atoms with van der Waals surface area (Å²) < 4.78 is 18.7. The van der Waals surface area contributed by atoms with E-state index in [1.54, 1.807) is 13.0 Å². The van der Waals surface area contributed by atoms with Gasteiger partial charge in [0.05, 0.1) is 0 Å². The number of allylic oxidation sites excluding steroid dienone is 1. The second-order valence-corrected chi connectivity index (χ2v) is 21.4. The molecule has 0 heterocycles. The number of esters is 1. The summed E-state index contributed by atoms with van der Waals surface area (Å²) in [6.45, 7) is 22.3. The van der Waals surface area contributed by atoms with Crippen LogP contribution in [0.2, 0.25) is 45.8 Å². The summed E-state index contributed by atoms with van der Waals surface area (Å²) in [7, 11) is -6.39. The highest BCUT2D eigenvalue weighted by atomic mass is 28.5. The van der Waals surface area contributed by atoms with Gasteiger partial charge in [-0.25, -0.2) is 4.79 Å². The molecule has 0 fully saturated rings. The van der Waals surface area contributed by atoms with Crippen LogP contribution in [0.5, 0.6) is 0 Å². The molecule has 0 aliphatic heterocycles. The van der Waals surface area contributed by atoms with E-state index in [4.69, 9.17) is 13.0 Å². The topological polar surface area (TPSA) is 44.8 Å². The Morgan fingerprint density at radius 3 is 1.55 bits per heavy atom. The van der Waals surface area contributed by atoms with Gasteiger partial charge in [-0.2, -0.15) is 0 Å². The molecule has 4 nitrogen and oxygen atoms in total. The number of rotatable bonds is 7. The summed E-state index contributed by atoms with van der Waals surface area (Å²) in [4.78, 5) is 12.2. The lowest BCUT2D eigenvalue weighted by molar-refractivity contribution is -0.147. The van der Waals surface area contributed by atoms with Gasteiger partial charge in [-0.1, -0.05) is 6.08 Å². The van der Waals surface area contributed by atoms with Crippen LogP contribution >= 0.6 is 0 Å². The molecule has 0 radical (unpaired) electrons. The van der Waals surface area contributed by atoms with Gasteiger partial charge in [0.1, 0.15) is 5.22 Å². The highest BCUT2D eigenvalue weighted by molar-refractivity contribution is 6.88. The van der Waals surface area contributed by atoms with Crippen molar-refractivity contribution in [1.82, 2.24) is 0 Å². The maximum absolute atomic E-state index is 12.2. The first kappa shape index (κ1) is 21.8. The van der Waals surface area contributed by atoms with Crippen LogP contribution in [0.15, 0.2) is 11.6 Å². The van der Waals surface area contributed by atoms with Crippen molar-refractivity contribution in [3.63, 3.8) is 0 Å². The standard InChI is InChI=1S/C15H34O4Si3/c1-12-13(2)14(16)17-15(3,4)22(11,18-20(5,6)7)19-21(8,9)10/h12H,1-11H3/b13-12+. The Balaban J connectivity index is 5.60. The molecule has 7 heteroatoms. The van der Waals surface area contributed by atoms with E-state index in [9.17, 15) is 4.79 Å². The van der Waals surface area contributed by atoms with Crippen LogP contribution in [0.25, 0.3) is 0 Å². The Morgan fingerprint density at radius 2 is 1.27 bits per heavy atom. The molecule has 0 bridgehead atoms. The van der Waals surface area contributed by atoms with Crippen LogP contribution < -0.4 is 0 Å². The molecule has 0 atom stereocenters. The number of carbonyl (C=O) groups excluding carboxylic acids is 1. The van der Waals surface area contributed by atoms with Gasteiger partial charge in [0.15, 0.2) is 16.6 Å². The summed E-state index contributed by atoms with van der Waals surface area (Å²) in [5.41, 5.74) is 0.602. The Bertz CT molecular complexity index is 415. The molecule has 22 heavy (non-hydrogen) atoms. The van der Waals surface area contributed by atoms with Crippen LogP contribution in [-0.4, -0.2) is 36.4 Å². The average molecular weight is 363 g/mol. The van der Waals surface area contributed by atoms with Gasteiger partial charge >= 0.3 is 14.5 Å². The van der Waals surface area contributed by atoms with Crippen molar-refractivity contribution >= 4 is 31.2 Å². The van der Waals surface area contributed by atoms with E-state index in [0.29, 0.717) is 5.57 Å². The number of hydrogen-bond donors (Lipinski definition) is 0. The fourth-order valence-corrected chi connectivity index (χ4v) is 14.1. The van der Waals surface area contributed by atoms with Crippen LogP contribution in [-0.2, 0) is 17.8 Å². The third-order valence-corrected chi connectivity index (χ3v) is 13.5. The molecule has 0 amide bonds. The first-order valence-corrected chi connectivity index (χ1v) is 16.9. The summed E-state index contributed by atoms with van der Waals surface area (Å²) in [6, 6.07) is 0. The van der Waals surface area contributed by atoms with E-state index in [0.717, 1.165) is 0 Å². The maximum Gasteiger partial charge on any atom is 0.359 e. The van der Waals surface area contributed by atoms with Gasteiger partial charge < -0.3 is 13.0 Å². The molecule has 0 rings (SSSR count). The zero-order chi connectivity index (χ0) is 18.0. The first-order valence-electron chi connectivity index (χ1n) is 7.79. The molecule has 0 N–H and O–H groups in total. The van der Waals surface area contributed by atoms with Crippen LogP contribution in [0.1, 0.15) is 27.7 Å². The van der Waals surface area contributed by atoms with Crippen molar-refractivity contribution in [2.75, 3.05) is 0 Å². The second-order valence-electron chi connectivity index (χ2n) is 8.25. The molecular formula is C15H34O4Si3. The monoisotopic (exact) mass is 362 g/mol. The normalized spacial score (nSPS) is 15.0. The van der Waals surface area contributed by atoms with E-state index in [-0.39, 0.29) is 5.97 Å². The summed E-state index contributed by atoms with van der Waals surface area (Å²) in [5.74, 6) is -0.301. The number of ether oxygens (including phenoxy) is 1. The van der Waals surface area contributed by atoms with Crippen LogP contribution in [0.3, 0.4) is 0 Å². The Morgan fingerprint density at radius 1 is 0.909 bits per heavy atom. The molecule has 0 spiro atoms. The first-order chi connectivity index (χ1) is 9.53. The molecule has 0 aromatic rings. The van der Waals surface area contributed by atoms with Gasteiger partial charge in [0.25, 0.3) is 0 Å². The van der Waals surface area contributed by atoms with Gasteiger partial charge in [-0.15, -0.1) is 0 Å². The van der Waals surface area contributed by atoms with Crippen molar-refractivity contribution in [1.29, 1.82) is 0 Å². The minimum atomic E-state index is -2.72. The third-order valence-electron chi connectivity index (χ3n) is 3.20. The van der Waals surface area contributed by atoms with Gasteiger partial charge in [-0.05, 0) is 73.5 Å². The van der Waals surface area contributed by atoms with Crippen molar-refractivity contribution in [3.05, 3.63) is 11.6 Å². The molecular weight excluding hydrogens is 328 g/mol. The Labute approximate surface area is 139 Å². The molecule has 0 aromatic carbocycles. The smallest absolute Gasteiger partial charge is 0.359 e. The zero-order valence-electron chi connectivity index (χ0n) is 16.2. The summed E-state index contributed by atoms with van der Waals surface area (Å²) >= 11 is 0. The average Bonchev–Trinajstić information content (AvgIpc) is 2.21. The maximum atomic E-state index is 12.2. The predicted molar refractivity (Wildman–Crippen MR) is 100 cm³/mol. The lowest BCUT2D eigenvalue weighted by atomic mass is 10.3. The van der Waals surface area contributed by atoms with Crippen molar-refractivity contribution in [2.45, 2.75) is 78.7 Å². The quantitative estimate of drug-likeness (QED) is 0.377. The highest BCUT2D eigenvalue weighted by Gasteiger charge is 2.55. The van der Waals surface area contributed by atoms with Crippen LogP contribution in [0, 0.1) is 0 Å². The third kappa shape index (κ3) is 6.91. The highest BCUT2D eigenvalue weighted by Crippen LogP contribution is 2.33. The molecule has 0 aliphatic carbocycles. The molecule has 0 aromatic heterocycles. The van der Waals surface area contributed by atoms with Crippen LogP contribution in [0.4, 0.5) is 0 Å². The lowest BCUT2D eigenvalue weighted by Crippen LogP contribution is -2.66.